The molecule has 0 aliphatic carbocycles. The Balaban J connectivity index is 0.000000590. The maximum atomic E-state index is 13.2. The molecule has 3 aliphatic rings. The number of non-ortho nitro benzene ring substituents is 1. The maximum absolute atomic E-state index is 13.2. The predicted octanol–water partition coefficient (Wildman–Crippen LogP) is 17.5. The van der Waals surface area contributed by atoms with Gasteiger partial charge in [0.1, 0.15) is 5.75 Å². The molecule has 103 heavy (non-hydrogen) atoms. The second kappa shape index (κ2) is 42.7. The number of hydrogen-bond donors (Lipinski definition) is 0. The fraction of sp³-hybridized carbons (Fsp3) is 0.449. The van der Waals surface area contributed by atoms with Gasteiger partial charge in [0.25, 0.3) is 41.1 Å². The van der Waals surface area contributed by atoms with Crippen LogP contribution in [-0.4, -0.2) is 104 Å². The average molecular weight is 1520 g/mol. The topological polar surface area (TPSA) is 220 Å². The highest BCUT2D eigenvalue weighted by Gasteiger charge is 2.38. The molecule has 19 nitrogen and oxygen atoms in total. The molecule has 5 aromatic carbocycles. The first kappa shape index (κ1) is 92.3. The number of nitrogens with zero attached hydrogens (tertiary/aromatic N) is 4. The summed E-state index contributed by atoms with van der Waals surface area (Å²) in [6.07, 6.45) is 1.49. The first-order valence-corrected chi connectivity index (χ1v) is 32.1. The van der Waals surface area contributed by atoms with Gasteiger partial charge < -0.3 is 23.7 Å². The lowest BCUT2D eigenvalue weighted by Crippen LogP contribution is -2.36. The van der Waals surface area contributed by atoms with Crippen molar-refractivity contribution in [3.05, 3.63) is 162 Å². The fourth-order valence-corrected chi connectivity index (χ4v) is 8.40. The number of benzene rings is 5. The zero-order chi connectivity index (χ0) is 79.7. The van der Waals surface area contributed by atoms with Gasteiger partial charge in [0.2, 0.25) is 52.4 Å². The highest BCUT2D eigenvalue weighted by Crippen LogP contribution is 2.36. The largest absolute Gasteiger partial charge is 0.491 e. The number of nitro groups is 1. The molecule has 0 aromatic heterocycles. The zero-order valence-corrected chi connectivity index (χ0v) is 61.1. The maximum Gasteiger partial charge on any atom is 0.269 e. The molecular formula is C69H81Cl2F13N4O15. The molecule has 0 radical (unpaired) electrons. The van der Waals surface area contributed by atoms with Crippen LogP contribution < -0.4 is 23.7 Å². The molecule has 2 fully saturated rings. The van der Waals surface area contributed by atoms with Crippen LogP contribution in [0.5, 0.6) is 28.7 Å². The van der Waals surface area contributed by atoms with Crippen molar-refractivity contribution < 1.29 is 124 Å². The number of rotatable bonds is 16. The predicted molar refractivity (Wildman–Crippen MR) is 352 cm³/mol. The Bertz CT molecular complexity index is 3570. The van der Waals surface area contributed by atoms with Crippen molar-refractivity contribution in [3.8, 4) is 28.7 Å². The molecule has 572 valence electrons. The van der Waals surface area contributed by atoms with Crippen molar-refractivity contribution in [2.24, 2.45) is 5.92 Å². The van der Waals surface area contributed by atoms with E-state index in [0.717, 1.165) is 22.6 Å². The lowest BCUT2D eigenvalue weighted by molar-refractivity contribution is -0.384. The summed E-state index contributed by atoms with van der Waals surface area (Å²) >= 11 is 11.9. The van der Waals surface area contributed by atoms with E-state index in [1.54, 1.807) is 46.8 Å². The Hall–Kier alpha value is -8.75. The third kappa shape index (κ3) is 29.1. The Morgan fingerprint density at radius 3 is 1.08 bits per heavy atom. The molecule has 3 heterocycles. The van der Waals surface area contributed by atoms with Crippen LogP contribution in [0.3, 0.4) is 0 Å². The van der Waals surface area contributed by atoms with Crippen LogP contribution >= 0.6 is 23.2 Å². The third-order valence-electron chi connectivity index (χ3n) is 12.0. The van der Waals surface area contributed by atoms with Crippen molar-refractivity contribution in [3.63, 3.8) is 0 Å². The molecule has 2 saturated heterocycles. The Morgan fingerprint density at radius 2 is 0.767 bits per heavy atom. The quantitative estimate of drug-likeness (QED) is 0.0224. The van der Waals surface area contributed by atoms with E-state index in [9.17, 15) is 96.0 Å². The van der Waals surface area contributed by atoms with Gasteiger partial charge in [0.05, 0.1) is 57.7 Å². The lowest BCUT2D eigenvalue weighted by atomic mass is 10.1. The van der Waals surface area contributed by atoms with Crippen LogP contribution in [0.2, 0.25) is 10.0 Å². The van der Waals surface area contributed by atoms with Crippen molar-refractivity contribution in [1.82, 2.24) is 15.0 Å². The van der Waals surface area contributed by atoms with E-state index in [1.807, 2.05) is 60.6 Å². The standard InChI is InChI=1S/C10H12Cl2O.C10H10F4O.C9H7F5O.C9H8F4O.C9H11NO3.C8H13NO3.C7H11NO3.C7H9NO2/c1-6(2)13-10-8(11)4-7(3)5-9(10)12;1-4(2)15-10-8(13)6(11)5(3)7(12)9(10)14;1-3(2)15-9-7(13)5(11)4(10)6(12)8(9)14;1-4(2)14-9-7(12)5(10)3-6(11)8(9)13;1-7(2)13-9-5-3-8(4-6-9)10(11)12;1-5(2)12-9-7(10)4-6(3)8(9)11;1-5(2)11-8-6(9)3-4-7(8)10;1-5(2)8-6(9)3-4-7(8)10/h4-6H,1-3H3;4H,1-3H3;3H,1-2H3;3-4H,1-2H3;3-7H,1-2H3;5-6H,4H2,1-3H3;5H,3-4H2,1-2H3;3-5H,1-2H3. The molecule has 0 saturated carbocycles. The Kier molecular flexibility index (Phi) is 38.3. The smallest absolute Gasteiger partial charge is 0.269 e. The fourth-order valence-electron chi connectivity index (χ4n) is 7.71. The number of ether oxygens (including phenoxy) is 5. The van der Waals surface area contributed by atoms with Crippen LogP contribution in [0.15, 0.2) is 54.6 Å². The summed E-state index contributed by atoms with van der Waals surface area (Å²) < 4.78 is 192. The molecule has 0 bridgehead atoms. The van der Waals surface area contributed by atoms with Crippen LogP contribution in [0.4, 0.5) is 62.8 Å². The molecule has 3 aliphatic heterocycles. The van der Waals surface area contributed by atoms with Gasteiger partial charge in [-0.3, -0.25) is 53.5 Å². The van der Waals surface area contributed by atoms with Gasteiger partial charge in [-0.15, -0.1) is 0 Å². The molecule has 1 atom stereocenters. The summed E-state index contributed by atoms with van der Waals surface area (Å²) in [5.74, 6) is -25.6. The van der Waals surface area contributed by atoms with Crippen LogP contribution in [0.25, 0.3) is 0 Å². The number of amides is 6. The van der Waals surface area contributed by atoms with E-state index in [1.165, 1.54) is 70.7 Å². The Labute approximate surface area is 597 Å². The lowest BCUT2D eigenvalue weighted by Gasteiger charge is -2.17. The molecule has 0 spiro atoms. The van der Waals surface area contributed by atoms with Gasteiger partial charge >= 0.3 is 0 Å². The normalized spacial score (nSPS) is 13.8. The number of hydroxylamine groups is 4. The number of halogens is 15. The van der Waals surface area contributed by atoms with Gasteiger partial charge in [-0.05, 0) is 154 Å². The van der Waals surface area contributed by atoms with Crippen molar-refractivity contribution >= 4 is 64.3 Å². The molecule has 6 amide bonds. The van der Waals surface area contributed by atoms with Crippen LogP contribution in [-0.2, 0) is 38.4 Å². The number of carbonyl (C=O) groups excluding carboxylic acids is 6. The second-order valence-corrected chi connectivity index (χ2v) is 24.9. The van der Waals surface area contributed by atoms with Crippen molar-refractivity contribution in [1.29, 1.82) is 0 Å². The molecule has 1 unspecified atom stereocenters. The summed E-state index contributed by atoms with van der Waals surface area (Å²) in [7, 11) is 0. The van der Waals surface area contributed by atoms with Gasteiger partial charge in [0.15, 0.2) is 46.3 Å². The Morgan fingerprint density at radius 1 is 0.437 bits per heavy atom. The van der Waals surface area contributed by atoms with Gasteiger partial charge in [-0.25, -0.2) is 30.7 Å². The summed E-state index contributed by atoms with van der Waals surface area (Å²) in [4.78, 5) is 86.9. The van der Waals surface area contributed by atoms with E-state index in [2.05, 4.69) is 14.2 Å². The first-order valence-electron chi connectivity index (χ1n) is 31.3. The van der Waals surface area contributed by atoms with Crippen molar-refractivity contribution in [2.45, 2.75) is 200 Å². The highest BCUT2D eigenvalue weighted by atomic mass is 35.5. The second-order valence-electron chi connectivity index (χ2n) is 24.0. The molecule has 0 N–H and O–H groups in total. The first-order chi connectivity index (χ1) is 47.5. The monoisotopic (exact) mass is 1520 g/mol. The highest BCUT2D eigenvalue weighted by molar-refractivity contribution is 6.37. The van der Waals surface area contributed by atoms with Gasteiger partial charge in [-0.2, -0.15) is 36.5 Å². The third-order valence-corrected chi connectivity index (χ3v) is 12.5. The summed E-state index contributed by atoms with van der Waals surface area (Å²) in [5.41, 5.74) is 0.420. The van der Waals surface area contributed by atoms with Gasteiger partial charge in [0, 0.05) is 67.1 Å². The molecular weight excluding hydrogens is 1440 g/mol. The number of imide groups is 3. The van der Waals surface area contributed by atoms with Crippen LogP contribution in [0.1, 0.15) is 148 Å². The van der Waals surface area contributed by atoms with E-state index in [0.29, 0.717) is 21.5 Å². The van der Waals surface area contributed by atoms with E-state index >= 15 is 0 Å². The molecule has 34 heteroatoms. The molecule has 8 rings (SSSR count). The summed E-state index contributed by atoms with van der Waals surface area (Å²) in [6, 6.07) is 9.83. The van der Waals surface area contributed by atoms with Gasteiger partial charge in [-0.1, -0.05) is 30.1 Å². The zero-order valence-electron chi connectivity index (χ0n) is 59.6. The van der Waals surface area contributed by atoms with Crippen molar-refractivity contribution in [2.75, 3.05) is 0 Å². The van der Waals surface area contributed by atoms with Crippen LogP contribution in [0, 0.1) is 106 Å². The number of aryl methyl sites for hydroxylation is 1. The van der Waals surface area contributed by atoms with E-state index in [-0.39, 0.29) is 103 Å². The minimum atomic E-state index is -2.19. The SMILES string of the molecule is CC(C)N1C(=O)C=CC1=O.CC(C)ON1C(=O)CC(C)C1=O.CC(C)ON1C(=O)CCC1=O.CC(C)Oc1c(F)c(F)c(F)c(F)c1F.CC(C)Oc1c(F)c(F)cc(F)c1F.CC(C)Oc1ccc([N+](=O)[O-])cc1.Cc1c(F)c(F)c(OC(C)C)c(F)c1F.Cc1cc(Cl)c(OC(C)C)c(Cl)c1. The number of carbonyl (C=O) groups is 6. The minimum Gasteiger partial charge on any atom is -0.491 e. The summed E-state index contributed by atoms with van der Waals surface area (Å²) in [5, 5.41) is 13.2. The average Bonchev–Trinajstić information content (AvgIpc) is 1.77. The summed E-state index contributed by atoms with van der Waals surface area (Å²) in [6.45, 7) is 31.8. The van der Waals surface area contributed by atoms with E-state index in [4.69, 9.17) is 42.4 Å². The number of nitro benzene ring substituents is 1. The van der Waals surface area contributed by atoms with E-state index < -0.39 is 122 Å². The molecule has 5 aromatic rings. The minimum absolute atomic E-state index is 0.0324. The number of hydrogen-bond acceptors (Lipinski definition) is 15.